The van der Waals surface area contributed by atoms with Crippen molar-refractivity contribution in [2.24, 2.45) is 0 Å². The van der Waals surface area contributed by atoms with E-state index in [-0.39, 0.29) is 5.91 Å². The van der Waals surface area contributed by atoms with Gasteiger partial charge in [-0.25, -0.2) is 9.67 Å². The van der Waals surface area contributed by atoms with E-state index in [2.05, 4.69) is 15.4 Å². The first-order chi connectivity index (χ1) is 12.6. The number of hydrogen-bond donors (Lipinski definition) is 1. The van der Waals surface area contributed by atoms with E-state index >= 15 is 0 Å². The van der Waals surface area contributed by atoms with Gasteiger partial charge in [-0.1, -0.05) is 0 Å². The van der Waals surface area contributed by atoms with Crippen molar-refractivity contribution in [1.29, 1.82) is 0 Å². The van der Waals surface area contributed by atoms with Crippen LogP contribution in [0.4, 0.5) is 0 Å². The zero-order valence-electron chi connectivity index (χ0n) is 15.2. The average Bonchev–Trinajstić information content (AvgIpc) is 2.99. The van der Waals surface area contributed by atoms with Crippen LogP contribution in [0.2, 0.25) is 0 Å². The summed E-state index contributed by atoms with van der Waals surface area (Å²) in [5.41, 5.74) is 4.50. The third-order valence-corrected chi connectivity index (χ3v) is 3.93. The lowest BCUT2D eigenvalue weighted by Crippen LogP contribution is -2.22. The van der Waals surface area contributed by atoms with Gasteiger partial charge in [0.15, 0.2) is 0 Å². The Kier molecular flexibility index (Phi) is 5.31. The predicted octanol–water partition coefficient (Wildman–Crippen LogP) is 3.21. The zero-order valence-corrected chi connectivity index (χ0v) is 15.2. The summed E-state index contributed by atoms with van der Waals surface area (Å²) in [6.07, 6.45) is 1.68. The van der Waals surface area contributed by atoms with Gasteiger partial charge in [0.05, 0.1) is 18.0 Å². The quantitative estimate of drug-likeness (QED) is 0.741. The molecule has 134 valence electrons. The van der Waals surface area contributed by atoms with Crippen molar-refractivity contribution in [3.8, 4) is 11.6 Å². The van der Waals surface area contributed by atoms with Crippen molar-refractivity contribution in [3.05, 3.63) is 71.2 Å². The molecule has 0 spiro atoms. The van der Waals surface area contributed by atoms with Crippen LogP contribution < -0.4 is 10.1 Å². The van der Waals surface area contributed by atoms with Crippen molar-refractivity contribution in [3.63, 3.8) is 0 Å². The van der Waals surface area contributed by atoms with Crippen molar-refractivity contribution in [2.45, 2.75) is 27.3 Å². The molecule has 0 atom stereocenters. The third-order valence-electron chi connectivity index (χ3n) is 3.93. The van der Waals surface area contributed by atoms with Gasteiger partial charge < -0.3 is 10.1 Å². The second-order valence-electron chi connectivity index (χ2n) is 6.00. The Balaban J connectivity index is 1.65. The Labute approximate surface area is 152 Å². The van der Waals surface area contributed by atoms with Gasteiger partial charge in [0.2, 0.25) is 5.88 Å². The number of aryl methyl sites for hydroxylation is 2. The van der Waals surface area contributed by atoms with Crippen LogP contribution in [0.25, 0.3) is 5.69 Å². The fourth-order valence-corrected chi connectivity index (χ4v) is 2.72. The lowest BCUT2D eigenvalue weighted by molar-refractivity contribution is 0.0951. The number of nitrogens with one attached hydrogen (secondary N) is 1. The van der Waals surface area contributed by atoms with Crippen LogP contribution in [-0.4, -0.2) is 27.3 Å². The Bertz CT molecular complexity index is 900. The molecule has 0 bridgehead atoms. The van der Waals surface area contributed by atoms with Gasteiger partial charge in [0.1, 0.15) is 0 Å². The number of carbonyl (C=O) groups is 1. The molecular weight excluding hydrogens is 328 g/mol. The van der Waals surface area contributed by atoms with E-state index in [1.165, 1.54) is 0 Å². The highest BCUT2D eigenvalue weighted by molar-refractivity contribution is 5.94. The highest BCUT2D eigenvalue weighted by Crippen LogP contribution is 2.14. The van der Waals surface area contributed by atoms with Crippen LogP contribution >= 0.6 is 0 Å². The molecule has 1 aromatic carbocycles. The smallest absolute Gasteiger partial charge is 0.251 e. The number of nitrogens with zero attached hydrogens (tertiary/aromatic N) is 3. The van der Waals surface area contributed by atoms with Gasteiger partial charge in [0, 0.05) is 30.1 Å². The molecule has 6 nitrogen and oxygen atoms in total. The van der Waals surface area contributed by atoms with E-state index in [0.717, 1.165) is 22.6 Å². The van der Waals surface area contributed by atoms with Gasteiger partial charge in [0.25, 0.3) is 5.91 Å². The summed E-state index contributed by atoms with van der Waals surface area (Å²) < 4.78 is 7.24. The first kappa shape index (κ1) is 17.7. The van der Waals surface area contributed by atoms with Gasteiger partial charge in [-0.15, -0.1) is 0 Å². The fourth-order valence-electron chi connectivity index (χ4n) is 2.72. The number of benzene rings is 1. The normalized spacial score (nSPS) is 10.6. The highest BCUT2D eigenvalue weighted by Gasteiger charge is 2.08. The first-order valence-corrected chi connectivity index (χ1v) is 8.56. The Hall–Kier alpha value is -3.15. The minimum Gasteiger partial charge on any atom is -0.478 e. The SMILES string of the molecule is CCOc1cc(CNC(=O)c2ccc(-n3nc(C)cc3C)cc2)ccn1. The highest BCUT2D eigenvalue weighted by atomic mass is 16.5. The molecule has 0 radical (unpaired) electrons. The predicted molar refractivity (Wildman–Crippen MR) is 99.6 cm³/mol. The van der Waals surface area contributed by atoms with Crippen LogP contribution in [0.3, 0.4) is 0 Å². The standard InChI is InChI=1S/C20H22N4O2/c1-4-26-19-12-16(9-10-21-19)13-22-20(25)17-5-7-18(8-6-17)24-15(3)11-14(2)23-24/h5-12H,4,13H2,1-3H3,(H,22,25). The maximum Gasteiger partial charge on any atom is 0.251 e. The van der Waals surface area contributed by atoms with Crippen LogP contribution in [0.15, 0.2) is 48.7 Å². The first-order valence-electron chi connectivity index (χ1n) is 8.56. The molecule has 6 heteroatoms. The molecule has 0 unspecified atom stereocenters. The molecular formula is C20H22N4O2. The maximum atomic E-state index is 12.4. The largest absolute Gasteiger partial charge is 0.478 e. The van der Waals surface area contributed by atoms with E-state index < -0.39 is 0 Å². The Morgan fingerprint density at radius 1 is 1.15 bits per heavy atom. The van der Waals surface area contributed by atoms with Crippen molar-refractivity contribution in [2.75, 3.05) is 6.61 Å². The van der Waals surface area contributed by atoms with Crippen LogP contribution in [0.5, 0.6) is 5.88 Å². The number of amides is 1. The number of carbonyl (C=O) groups excluding carboxylic acids is 1. The monoisotopic (exact) mass is 350 g/mol. The summed E-state index contributed by atoms with van der Waals surface area (Å²) in [4.78, 5) is 16.5. The van der Waals surface area contributed by atoms with E-state index in [0.29, 0.717) is 24.6 Å². The molecule has 3 aromatic rings. The topological polar surface area (TPSA) is 69.0 Å². The number of pyridine rings is 1. The molecule has 0 saturated heterocycles. The van der Waals surface area contributed by atoms with Gasteiger partial charge in [-0.3, -0.25) is 4.79 Å². The molecule has 0 aliphatic rings. The molecule has 1 N–H and O–H groups in total. The number of rotatable bonds is 6. The van der Waals surface area contributed by atoms with Crippen LogP contribution in [-0.2, 0) is 6.54 Å². The van der Waals surface area contributed by atoms with Crippen LogP contribution in [0, 0.1) is 13.8 Å². The van der Waals surface area contributed by atoms with E-state index in [1.807, 2.05) is 55.8 Å². The molecule has 0 aliphatic carbocycles. The minimum atomic E-state index is -0.125. The summed E-state index contributed by atoms with van der Waals surface area (Å²) in [5.74, 6) is 0.438. The molecule has 0 saturated carbocycles. The second-order valence-corrected chi connectivity index (χ2v) is 6.00. The van der Waals surface area contributed by atoms with Crippen molar-refractivity contribution >= 4 is 5.91 Å². The number of aromatic nitrogens is 3. The Morgan fingerprint density at radius 2 is 1.92 bits per heavy atom. The van der Waals surface area contributed by atoms with Crippen LogP contribution in [0.1, 0.15) is 34.2 Å². The lowest BCUT2D eigenvalue weighted by Gasteiger charge is -2.08. The molecule has 1 amide bonds. The summed E-state index contributed by atoms with van der Waals surface area (Å²) in [6, 6.07) is 13.1. The summed E-state index contributed by atoms with van der Waals surface area (Å²) in [7, 11) is 0. The van der Waals surface area contributed by atoms with Crippen molar-refractivity contribution in [1.82, 2.24) is 20.1 Å². The molecule has 26 heavy (non-hydrogen) atoms. The Morgan fingerprint density at radius 3 is 2.58 bits per heavy atom. The number of ether oxygens (including phenoxy) is 1. The maximum absolute atomic E-state index is 12.4. The summed E-state index contributed by atoms with van der Waals surface area (Å²) in [6.45, 7) is 6.85. The van der Waals surface area contributed by atoms with E-state index in [9.17, 15) is 4.79 Å². The van der Waals surface area contributed by atoms with E-state index in [1.54, 1.807) is 18.3 Å². The average molecular weight is 350 g/mol. The molecule has 0 fully saturated rings. The zero-order chi connectivity index (χ0) is 18.5. The van der Waals surface area contributed by atoms with Crippen molar-refractivity contribution < 1.29 is 9.53 Å². The van der Waals surface area contributed by atoms with E-state index in [4.69, 9.17) is 4.74 Å². The lowest BCUT2D eigenvalue weighted by atomic mass is 10.2. The van der Waals surface area contributed by atoms with Gasteiger partial charge >= 0.3 is 0 Å². The summed E-state index contributed by atoms with van der Waals surface area (Å²) in [5, 5.41) is 7.37. The fraction of sp³-hybridized carbons (Fsp3) is 0.250. The molecule has 0 aliphatic heterocycles. The van der Waals surface area contributed by atoms with Gasteiger partial charge in [-0.2, -0.15) is 5.10 Å². The third kappa shape index (κ3) is 4.08. The minimum absolute atomic E-state index is 0.125. The summed E-state index contributed by atoms with van der Waals surface area (Å²) >= 11 is 0. The molecule has 2 heterocycles. The van der Waals surface area contributed by atoms with Gasteiger partial charge in [-0.05, 0) is 62.7 Å². The number of hydrogen-bond acceptors (Lipinski definition) is 4. The molecule has 2 aromatic heterocycles. The molecule has 3 rings (SSSR count). The second kappa shape index (κ2) is 7.82.